The molecule has 1 spiro atoms. The van der Waals surface area contributed by atoms with E-state index in [9.17, 15) is 4.79 Å². The van der Waals surface area contributed by atoms with Gasteiger partial charge < -0.3 is 10.6 Å². The van der Waals surface area contributed by atoms with Crippen molar-refractivity contribution in [2.45, 2.75) is 57.5 Å². The lowest BCUT2D eigenvalue weighted by Crippen LogP contribution is -2.60. The van der Waals surface area contributed by atoms with E-state index in [-0.39, 0.29) is 11.8 Å². The highest BCUT2D eigenvalue weighted by Crippen LogP contribution is 2.38. The van der Waals surface area contributed by atoms with E-state index >= 15 is 0 Å². The molecule has 1 unspecified atom stereocenters. The zero-order valence-electron chi connectivity index (χ0n) is 9.81. The Labute approximate surface area is 92.0 Å². The zero-order chi connectivity index (χ0) is 10.9. The molecule has 3 nitrogen and oxygen atoms in total. The van der Waals surface area contributed by atoms with Gasteiger partial charge in [0.05, 0.1) is 0 Å². The van der Waals surface area contributed by atoms with E-state index in [0.717, 1.165) is 19.4 Å². The van der Waals surface area contributed by atoms with Crippen LogP contribution in [-0.4, -0.2) is 24.0 Å². The van der Waals surface area contributed by atoms with Gasteiger partial charge in [0, 0.05) is 17.5 Å². The molecule has 1 amide bonds. The van der Waals surface area contributed by atoms with Crippen LogP contribution in [0.3, 0.4) is 0 Å². The molecule has 2 fully saturated rings. The Morgan fingerprint density at radius 3 is 2.73 bits per heavy atom. The molecule has 1 aliphatic carbocycles. The van der Waals surface area contributed by atoms with Crippen molar-refractivity contribution in [2.75, 3.05) is 6.54 Å². The predicted octanol–water partition coefficient (Wildman–Crippen LogP) is 1.43. The van der Waals surface area contributed by atoms with Gasteiger partial charge in [-0.1, -0.05) is 13.8 Å². The molecule has 0 aromatic heterocycles. The van der Waals surface area contributed by atoms with E-state index in [1.54, 1.807) is 0 Å². The average Bonchev–Trinajstić information content (AvgIpc) is 2.15. The molecule has 2 aliphatic rings. The Balaban J connectivity index is 1.85. The molecule has 2 N–H and O–H groups in total. The summed E-state index contributed by atoms with van der Waals surface area (Å²) in [7, 11) is 0. The van der Waals surface area contributed by atoms with Crippen molar-refractivity contribution < 1.29 is 4.79 Å². The summed E-state index contributed by atoms with van der Waals surface area (Å²) in [5.41, 5.74) is 0.382. The summed E-state index contributed by atoms with van der Waals surface area (Å²) in [4.78, 5) is 11.6. The number of nitrogens with one attached hydrogen (secondary N) is 2. The molecule has 1 saturated heterocycles. The van der Waals surface area contributed by atoms with Crippen molar-refractivity contribution in [3.05, 3.63) is 0 Å². The monoisotopic (exact) mass is 210 g/mol. The number of amides is 1. The van der Waals surface area contributed by atoms with Gasteiger partial charge in [0.15, 0.2) is 0 Å². The van der Waals surface area contributed by atoms with Crippen molar-refractivity contribution in [2.24, 2.45) is 5.92 Å². The first-order chi connectivity index (χ1) is 7.11. The molecule has 0 aromatic rings. The molecule has 86 valence electrons. The lowest BCUT2D eigenvalue weighted by Gasteiger charge is -2.48. The zero-order valence-corrected chi connectivity index (χ0v) is 9.81. The van der Waals surface area contributed by atoms with Crippen molar-refractivity contribution in [1.82, 2.24) is 10.6 Å². The molecule has 1 aliphatic heterocycles. The second-order valence-electron chi connectivity index (χ2n) is 5.41. The number of rotatable bonds is 2. The van der Waals surface area contributed by atoms with Gasteiger partial charge in [-0.05, 0) is 38.6 Å². The molecule has 0 bridgehead atoms. The SMILES string of the molecule is CC(C)C(=O)NC1CCNC2(CCC2)C1. The van der Waals surface area contributed by atoms with Gasteiger partial charge in [-0.2, -0.15) is 0 Å². The van der Waals surface area contributed by atoms with E-state index in [1.165, 1.54) is 19.3 Å². The van der Waals surface area contributed by atoms with E-state index < -0.39 is 0 Å². The van der Waals surface area contributed by atoms with Crippen molar-refractivity contribution in [1.29, 1.82) is 0 Å². The van der Waals surface area contributed by atoms with Crippen LogP contribution in [0.2, 0.25) is 0 Å². The fraction of sp³-hybridized carbons (Fsp3) is 0.917. The summed E-state index contributed by atoms with van der Waals surface area (Å²) in [6, 6.07) is 0.404. The van der Waals surface area contributed by atoms with Crippen LogP contribution in [0.1, 0.15) is 46.0 Å². The van der Waals surface area contributed by atoms with Crippen molar-refractivity contribution in [3.8, 4) is 0 Å². The van der Waals surface area contributed by atoms with Crippen LogP contribution >= 0.6 is 0 Å². The van der Waals surface area contributed by atoms with Crippen LogP contribution in [-0.2, 0) is 4.79 Å². The first-order valence-electron chi connectivity index (χ1n) is 6.17. The topological polar surface area (TPSA) is 41.1 Å². The predicted molar refractivity (Wildman–Crippen MR) is 60.6 cm³/mol. The molecular formula is C12H22N2O. The molecule has 1 saturated carbocycles. The third-order valence-corrected chi connectivity index (χ3v) is 3.81. The van der Waals surface area contributed by atoms with Gasteiger partial charge in [-0.3, -0.25) is 4.79 Å². The summed E-state index contributed by atoms with van der Waals surface area (Å²) in [6.45, 7) is 4.97. The Bertz CT molecular complexity index is 246. The molecule has 0 radical (unpaired) electrons. The van der Waals surface area contributed by atoms with Crippen LogP contribution < -0.4 is 10.6 Å². The summed E-state index contributed by atoms with van der Waals surface area (Å²) in [5.74, 6) is 0.314. The summed E-state index contributed by atoms with van der Waals surface area (Å²) in [6.07, 6.45) is 6.14. The van der Waals surface area contributed by atoms with E-state index in [2.05, 4.69) is 10.6 Å². The number of piperidine rings is 1. The van der Waals surface area contributed by atoms with Gasteiger partial charge >= 0.3 is 0 Å². The maximum absolute atomic E-state index is 11.6. The lowest BCUT2D eigenvalue weighted by molar-refractivity contribution is -0.125. The Kier molecular flexibility index (Phi) is 3.01. The minimum absolute atomic E-state index is 0.109. The number of carbonyl (C=O) groups is 1. The quantitative estimate of drug-likeness (QED) is 0.724. The van der Waals surface area contributed by atoms with Crippen LogP contribution in [0.15, 0.2) is 0 Å². The minimum Gasteiger partial charge on any atom is -0.353 e. The second kappa shape index (κ2) is 4.12. The standard InChI is InChI=1S/C12H22N2O/c1-9(2)11(15)14-10-4-7-13-12(8-10)5-3-6-12/h9-10,13H,3-8H2,1-2H3,(H,14,15). The molecule has 15 heavy (non-hydrogen) atoms. The number of carbonyl (C=O) groups excluding carboxylic acids is 1. The van der Waals surface area contributed by atoms with E-state index in [4.69, 9.17) is 0 Å². The molecule has 0 aromatic carbocycles. The first-order valence-corrected chi connectivity index (χ1v) is 6.17. The van der Waals surface area contributed by atoms with E-state index in [1.807, 2.05) is 13.8 Å². The fourth-order valence-corrected chi connectivity index (χ4v) is 2.63. The second-order valence-corrected chi connectivity index (χ2v) is 5.41. The summed E-state index contributed by atoms with van der Waals surface area (Å²) < 4.78 is 0. The normalized spacial score (nSPS) is 28.9. The third kappa shape index (κ3) is 2.33. The van der Waals surface area contributed by atoms with Gasteiger partial charge in [-0.15, -0.1) is 0 Å². The Hall–Kier alpha value is -0.570. The van der Waals surface area contributed by atoms with Crippen LogP contribution in [0.5, 0.6) is 0 Å². The fourth-order valence-electron chi connectivity index (χ4n) is 2.63. The van der Waals surface area contributed by atoms with Crippen LogP contribution in [0, 0.1) is 5.92 Å². The molecule has 2 rings (SSSR count). The Morgan fingerprint density at radius 1 is 1.47 bits per heavy atom. The van der Waals surface area contributed by atoms with Gasteiger partial charge in [0.2, 0.25) is 5.91 Å². The van der Waals surface area contributed by atoms with Crippen molar-refractivity contribution in [3.63, 3.8) is 0 Å². The minimum atomic E-state index is 0.109. The molecule has 3 heteroatoms. The van der Waals surface area contributed by atoms with E-state index in [0.29, 0.717) is 11.6 Å². The molecule has 1 heterocycles. The maximum atomic E-state index is 11.6. The summed E-state index contributed by atoms with van der Waals surface area (Å²) >= 11 is 0. The largest absolute Gasteiger partial charge is 0.353 e. The van der Waals surface area contributed by atoms with Crippen molar-refractivity contribution >= 4 is 5.91 Å². The van der Waals surface area contributed by atoms with Gasteiger partial charge in [0.25, 0.3) is 0 Å². The van der Waals surface area contributed by atoms with Gasteiger partial charge in [-0.25, -0.2) is 0 Å². The molecular weight excluding hydrogens is 188 g/mol. The lowest BCUT2D eigenvalue weighted by atomic mass is 9.70. The number of hydrogen-bond acceptors (Lipinski definition) is 2. The third-order valence-electron chi connectivity index (χ3n) is 3.81. The highest BCUT2D eigenvalue weighted by Gasteiger charge is 2.41. The maximum Gasteiger partial charge on any atom is 0.222 e. The van der Waals surface area contributed by atoms with Crippen LogP contribution in [0.25, 0.3) is 0 Å². The number of hydrogen-bond donors (Lipinski definition) is 2. The smallest absolute Gasteiger partial charge is 0.222 e. The van der Waals surface area contributed by atoms with Gasteiger partial charge in [0.1, 0.15) is 0 Å². The molecule has 1 atom stereocenters. The average molecular weight is 210 g/mol. The first kappa shape index (κ1) is 10.9. The Morgan fingerprint density at radius 2 is 2.20 bits per heavy atom. The summed E-state index contributed by atoms with van der Waals surface area (Å²) in [5, 5.41) is 6.78. The van der Waals surface area contributed by atoms with Crippen LogP contribution in [0.4, 0.5) is 0 Å². The highest BCUT2D eigenvalue weighted by molar-refractivity contribution is 5.78. The highest BCUT2D eigenvalue weighted by atomic mass is 16.1.